The molecule has 0 radical (unpaired) electrons. The molecule has 1 saturated carbocycles. The molecule has 3 unspecified atom stereocenters. The zero-order valence-corrected chi connectivity index (χ0v) is 12.8. The first-order valence-electron chi connectivity index (χ1n) is 6.82. The third kappa shape index (κ3) is 3.08. The van der Waals surface area contributed by atoms with Crippen molar-refractivity contribution in [1.29, 1.82) is 0 Å². The topological polar surface area (TPSA) is 60.9 Å². The normalized spacial score (nSPS) is 26.1. The quantitative estimate of drug-likeness (QED) is 0.786. The number of rotatable bonds is 6. The summed E-state index contributed by atoms with van der Waals surface area (Å²) in [5.41, 5.74) is -0.422. The fraction of sp³-hybridized carbons (Fsp3) is 0.857. The Bertz CT molecular complexity index is 366. The number of carboxylic acids is 1. The molecular formula is C14H26N2O3. The van der Waals surface area contributed by atoms with Crippen molar-refractivity contribution in [3.8, 4) is 0 Å². The highest BCUT2D eigenvalue weighted by Gasteiger charge is 2.66. The fourth-order valence-electron chi connectivity index (χ4n) is 3.05. The third-order valence-corrected chi connectivity index (χ3v) is 4.14. The lowest BCUT2D eigenvalue weighted by Gasteiger charge is -2.30. The molecule has 1 aliphatic carbocycles. The Hall–Kier alpha value is -1.10. The van der Waals surface area contributed by atoms with Crippen molar-refractivity contribution in [1.82, 2.24) is 9.80 Å². The van der Waals surface area contributed by atoms with E-state index in [1.54, 1.807) is 4.90 Å². The van der Waals surface area contributed by atoms with Gasteiger partial charge in [0.1, 0.15) is 0 Å². The van der Waals surface area contributed by atoms with Gasteiger partial charge in [0.15, 0.2) is 0 Å². The number of carbonyl (C=O) groups excluding carboxylic acids is 1. The summed E-state index contributed by atoms with van der Waals surface area (Å²) in [4.78, 5) is 27.5. The first kappa shape index (κ1) is 16.0. The van der Waals surface area contributed by atoms with E-state index in [9.17, 15) is 9.59 Å². The number of aliphatic carboxylic acids is 1. The van der Waals surface area contributed by atoms with Gasteiger partial charge in [-0.3, -0.25) is 9.59 Å². The highest BCUT2D eigenvalue weighted by molar-refractivity contribution is 5.91. The summed E-state index contributed by atoms with van der Waals surface area (Å²) in [6, 6.07) is 0.0957. The van der Waals surface area contributed by atoms with Gasteiger partial charge in [0.2, 0.25) is 5.91 Å². The van der Waals surface area contributed by atoms with Crippen molar-refractivity contribution < 1.29 is 14.7 Å². The zero-order chi connectivity index (χ0) is 15.0. The smallest absolute Gasteiger partial charge is 0.307 e. The first-order chi connectivity index (χ1) is 8.64. The molecule has 1 fully saturated rings. The molecule has 0 saturated heterocycles. The minimum Gasteiger partial charge on any atom is -0.481 e. The van der Waals surface area contributed by atoms with Crippen molar-refractivity contribution in [2.45, 2.75) is 33.7 Å². The zero-order valence-electron chi connectivity index (χ0n) is 12.8. The second-order valence-corrected chi connectivity index (χ2v) is 6.35. The van der Waals surface area contributed by atoms with Gasteiger partial charge in [-0.25, -0.2) is 0 Å². The van der Waals surface area contributed by atoms with Gasteiger partial charge in [0.05, 0.1) is 11.8 Å². The largest absolute Gasteiger partial charge is 0.481 e. The molecule has 19 heavy (non-hydrogen) atoms. The monoisotopic (exact) mass is 270 g/mol. The number of nitrogens with zero attached hydrogens (tertiary/aromatic N) is 2. The van der Waals surface area contributed by atoms with Crippen LogP contribution in [0.25, 0.3) is 0 Å². The number of amides is 1. The molecule has 1 N–H and O–H groups in total. The van der Waals surface area contributed by atoms with Gasteiger partial charge in [-0.2, -0.15) is 0 Å². The molecule has 0 aromatic carbocycles. The Kier molecular flexibility index (Phi) is 4.61. The fourth-order valence-corrected chi connectivity index (χ4v) is 3.05. The van der Waals surface area contributed by atoms with E-state index in [2.05, 4.69) is 0 Å². The van der Waals surface area contributed by atoms with Crippen molar-refractivity contribution in [2.24, 2.45) is 17.3 Å². The van der Waals surface area contributed by atoms with Gasteiger partial charge in [-0.1, -0.05) is 13.8 Å². The minimum atomic E-state index is -0.861. The summed E-state index contributed by atoms with van der Waals surface area (Å²) in [5.74, 6) is -1.80. The molecular weight excluding hydrogens is 244 g/mol. The summed E-state index contributed by atoms with van der Waals surface area (Å²) in [5, 5.41) is 9.17. The van der Waals surface area contributed by atoms with E-state index in [4.69, 9.17) is 5.11 Å². The lowest BCUT2D eigenvalue weighted by molar-refractivity contribution is -0.142. The maximum atomic E-state index is 12.5. The van der Waals surface area contributed by atoms with Crippen LogP contribution in [0.2, 0.25) is 0 Å². The molecule has 1 aliphatic rings. The molecule has 0 spiro atoms. The highest BCUT2D eigenvalue weighted by Crippen LogP contribution is 2.59. The molecule has 0 bridgehead atoms. The Labute approximate surface area is 115 Å². The number of carbonyl (C=O) groups is 2. The SMILES string of the molecule is CCN(C(=O)C1C(C(=O)O)C1(C)C)C(C)CN(C)C. The second-order valence-electron chi connectivity index (χ2n) is 6.35. The lowest BCUT2D eigenvalue weighted by Crippen LogP contribution is -2.45. The molecule has 5 heteroatoms. The van der Waals surface area contributed by atoms with Crippen molar-refractivity contribution in [3.05, 3.63) is 0 Å². The van der Waals surface area contributed by atoms with Gasteiger partial charge in [0, 0.05) is 19.1 Å². The lowest BCUT2D eigenvalue weighted by atomic mass is 10.1. The van der Waals surface area contributed by atoms with Crippen LogP contribution in [0.4, 0.5) is 0 Å². The Morgan fingerprint density at radius 3 is 2.11 bits per heavy atom. The molecule has 110 valence electrons. The number of carboxylic acid groups (broad SMARTS) is 1. The van der Waals surface area contributed by atoms with Crippen LogP contribution in [0.5, 0.6) is 0 Å². The van der Waals surface area contributed by atoms with Crippen LogP contribution < -0.4 is 0 Å². The van der Waals surface area contributed by atoms with Crippen molar-refractivity contribution in [3.63, 3.8) is 0 Å². The van der Waals surface area contributed by atoms with Crippen LogP contribution in [0, 0.1) is 17.3 Å². The molecule has 5 nitrogen and oxygen atoms in total. The van der Waals surface area contributed by atoms with Crippen LogP contribution in [-0.4, -0.2) is 60.0 Å². The Morgan fingerprint density at radius 1 is 1.26 bits per heavy atom. The first-order valence-corrected chi connectivity index (χ1v) is 6.82. The van der Waals surface area contributed by atoms with Crippen LogP contribution in [0.3, 0.4) is 0 Å². The van der Waals surface area contributed by atoms with E-state index < -0.39 is 17.3 Å². The molecule has 0 aliphatic heterocycles. The number of hydrogen-bond donors (Lipinski definition) is 1. The predicted molar refractivity (Wildman–Crippen MR) is 73.8 cm³/mol. The van der Waals surface area contributed by atoms with Gasteiger partial charge >= 0.3 is 5.97 Å². The summed E-state index contributed by atoms with van der Waals surface area (Å²) >= 11 is 0. The predicted octanol–water partition coefficient (Wildman–Crippen LogP) is 1.14. The van der Waals surface area contributed by atoms with Gasteiger partial charge < -0.3 is 14.9 Å². The minimum absolute atomic E-state index is 0.0192. The van der Waals surface area contributed by atoms with E-state index >= 15 is 0 Å². The highest BCUT2D eigenvalue weighted by atomic mass is 16.4. The van der Waals surface area contributed by atoms with Crippen LogP contribution in [0.15, 0.2) is 0 Å². The maximum Gasteiger partial charge on any atom is 0.307 e. The summed E-state index contributed by atoms with van der Waals surface area (Å²) in [6.07, 6.45) is 0. The maximum absolute atomic E-state index is 12.5. The van der Waals surface area contributed by atoms with Crippen molar-refractivity contribution >= 4 is 11.9 Å². The summed E-state index contributed by atoms with van der Waals surface area (Å²) in [6.45, 7) is 9.07. The third-order valence-electron chi connectivity index (χ3n) is 4.14. The molecule has 0 aromatic heterocycles. The average molecular weight is 270 g/mol. The van der Waals surface area contributed by atoms with Crippen LogP contribution in [-0.2, 0) is 9.59 Å². The summed E-state index contributed by atoms with van der Waals surface area (Å²) in [7, 11) is 3.94. The van der Waals surface area contributed by atoms with E-state index in [-0.39, 0.29) is 17.9 Å². The molecule has 1 rings (SSSR count). The van der Waals surface area contributed by atoms with E-state index in [0.29, 0.717) is 6.54 Å². The molecule has 0 heterocycles. The number of hydrogen-bond acceptors (Lipinski definition) is 3. The van der Waals surface area contributed by atoms with Gasteiger partial charge in [-0.05, 0) is 33.4 Å². The standard InChI is InChI=1S/C14H26N2O3/c1-7-16(9(2)8-15(5)6)12(17)10-11(13(18)19)14(10,3)4/h9-11H,7-8H2,1-6H3,(H,18,19). The van der Waals surface area contributed by atoms with Crippen molar-refractivity contribution in [2.75, 3.05) is 27.2 Å². The van der Waals surface area contributed by atoms with Crippen LogP contribution >= 0.6 is 0 Å². The van der Waals surface area contributed by atoms with Gasteiger partial charge in [0.25, 0.3) is 0 Å². The summed E-state index contributed by atoms with van der Waals surface area (Å²) < 4.78 is 0. The Balaban J connectivity index is 2.78. The Morgan fingerprint density at radius 2 is 1.79 bits per heavy atom. The van der Waals surface area contributed by atoms with Gasteiger partial charge in [-0.15, -0.1) is 0 Å². The molecule has 3 atom stereocenters. The van der Waals surface area contributed by atoms with E-state index in [1.165, 1.54) is 0 Å². The van der Waals surface area contributed by atoms with Crippen LogP contribution in [0.1, 0.15) is 27.7 Å². The molecule has 1 amide bonds. The number of likely N-dealkylation sites (N-methyl/N-ethyl adjacent to an activating group) is 2. The molecule has 0 aromatic rings. The second kappa shape index (κ2) is 5.49. The van der Waals surface area contributed by atoms with E-state index in [0.717, 1.165) is 6.54 Å². The van der Waals surface area contributed by atoms with E-state index in [1.807, 2.05) is 46.7 Å². The average Bonchev–Trinajstić information content (AvgIpc) is 2.81.